The number of amides is 1. The number of likely N-dealkylation sites (tertiary alicyclic amines) is 1. The third kappa shape index (κ3) is 4.62. The highest BCUT2D eigenvalue weighted by Gasteiger charge is 2.53. The van der Waals surface area contributed by atoms with E-state index in [1.54, 1.807) is 6.07 Å². The van der Waals surface area contributed by atoms with Crippen LogP contribution in [-0.4, -0.2) is 64.7 Å². The Morgan fingerprint density at radius 1 is 1.08 bits per heavy atom. The Morgan fingerprint density at radius 2 is 1.86 bits per heavy atom. The number of phenolic OH excluding ortho intramolecular Hbond substituents is 1. The van der Waals surface area contributed by atoms with Crippen molar-refractivity contribution in [1.29, 1.82) is 0 Å². The van der Waals surface area contributed by atoms with Gasteiger partial charge in [0.25, 0.3) is 5.91 Å². The molecule has 1 unspecified atom stereocenters. The van der Waals surface area contributed by atoms with Crippen LogP contribution in [0.2, 0.25) is 0 Å². The number of carbonyl (C=O) groups is 1. The van der Waals surface area contributed by atoms with Gasteiger partial charge >= 0.3 is 0 Å². The Balaban J connectivity index is 1.53. The van der Waals surface area contributed by atoms with E-state index in [1.165, 1.54) is 0 Å². The van der Waals surface area contributed by atoms with Crippen molar-refractivity contribution < 1.29 is 15.0 Å². The molecule has 1 saturated carbocycles. The number of fused-ring (bicyclic) bond motifs is 2. The molecule has 4 atom stereocenters. The minimum atomic E-state index is -0.520. The number of hydrogen-bond donors (Lipinski definition) is 2. The van der Waals surface area contributed by atoms with Crippen LogP contribution in [-0.2, 0) is 5.41 Å². The standard InChI is InChI=1S/C31H38N2O3/c1-21(2)19-33(30(36)24-12-11-22-7-4-5-8-23(22)15-24)26-17-29(35)28-20-32(3)14-13-31(28,18-26)25-9-6-10-27(34)16-25/h4-12,15-16,21,26,28-29,34-35H,13-14,17-20H2,1-3H3/t26-,28+,29?,31+/m1/s1. The van der Waals surface area contributed by atoms with Gasteiger partial charge in [-0.2, -0.15) is 0 Å². The molecule has 2 N–H and O–H groups in total. The van der Waals surface area contributed by atoms with Gasteiger partial charge in [-0.15, -0.1) is 0 Å². The van der Waals surface area contributed by atoms with Gasteiger partial charge in [0.1, 0.15) is 5.75 Å². The van der Waals surface area contributed by atoms with E-state index >= 15 is 0 Å². The zero-order valence-corrected chi connectivity index (χ0v) is 21.6. The largest absolute Gasteiger partial charge is 0.508 e. The van der Waals surface area contributed by atoms with Crippen LogP contribution in [0.5, 0.6) is 5.75 Å². The van der Waals surface area contributed by atoms with Crippen LogP contribution in [0, 0.1) is 11.8 Å². The Kier molecular flexibility index (Phi) is 6.80. The molecule has 0 spiro atoms. The van der Waals surface area contributed by atoms with Crippen LogP contribution in [0.3, 0.4) is 0 Å². The van der Waals surface area contributed by atoms with Crippen LogP contribution in [0.15, 0.2) is 66.7 Å². The molecule has 3 aromatic carbocycles. The Hall–Kier alpha value is -2.89. The van der Waals surface area contributed by atoms with Crippen molar-refractivity contribution in [1.82, 2.24) is 9.80 Å². The molecular formula is C31H38N2O3. The van der Waals surface area contributed by atoms with E-state index in [2.05, 4.69) is 37.9 Å². The lowest BCUT2D eigenvalue weighted by Gasteiger charge is -2.56. The van der Waals surface area contributed by atoms with Crippen molar-refractivity contribution in [3.05, 3.63) is 77.9 Å². The zero-order valence-electron chi connectivity index (χ0n) is 21.6. The number of hydrogen-bond acceptors (Lipinski definition) is 4. The summed E-state index contributed by atoms with van der Waals surface area (Å²) >= 11 is 0. The fraction of sp³-hybridized carbons (Fsp3) is 0.452. The molecule has 5 rings (SSSR count). The number of nitrogens with zero attached hydrogens (tertiary/aromatic N) is 2. The number of phenols is 1. The van der Waals surface area contributed by atoms with Gasteiger partial charge in [-0.25, -0.2) is 0 Å². The summed E-state index contributed by atoms with van der Waals surface area (Å²) in [5.74, 6) is 0.649. The Morgan fingerprint density at radius 3 is 2.61 bits per heavy atom. The quantitative estimate of drug-likeness (QED) is 0.529. The first-order chi connectivity index (χ1) is 17.3. The third-order valence-electron chi connectivity index (χ3n) is 8.42. The lowest BCUT2D eigenvalue weighted by atomic mass is 9.56. The number of piperidine rings is 1. The Labute approximate surface area is 214 Å². The van der Waals surface area contributed by atoms with Gasteiger partial charge in [-0.05, 0) is 79.4 Å². The number of rotatable bonds is 5. The lowest BCUT2D eigenvalue weighted by Crippen LogP contribution is -2.61. The average molecular weight is 487 g/mol. The summed E-state index contributed by atoms with van der Waals surface area (Å²) in [7, 11) is 2.11. The number of carbonyl (C=O) groups excluding carboxylic acids is 1. The van der Waals surface area contributed by atoms with Crippen LogP contribution in [0.1, 0.15) is 49.0 Å². The van der Waals surface area contributed by atoms with Gasteiger partial charge in [0.2, 0.25) is 0 Å². The summed E-state index contributed by atoms with van der Waals surface area (Å²) in [6.07, 6.45) is 1.74. The highest BCUT2D eigenvalue weighted by atomic mass is 16.3. The first kappa shape index (κ1) is 24.8. The fourth-order valence-corrected chi connectivity index (χ4v) is 6.68. The summed E-state index contributed by atoms with van der Waals surface area (Å²) in [6.45, 7) is 6.66. The molecule has 2 aliphatic rings. The maximum Gasteiger partial charge on any atom is 0.254 e. The number of benzene rings is 3. The van der Waals surface area contributed by atoms with E-state index in [4.69, 9.17) is 0 Å². The molecule has 36 heavy (non-hydrogen) atoms. The molecule has 1 saturated heterocycles. The topological polar surface area (TPSA) is 64.0 Å². The van der Waals surface area contributed by atoms with E-state index in [1.807, 2.05) is 53.4 Å². The van der Waals surface area contributed by atoms with Gasteiger partial charge in [0.05, 0.1) is 6.10 Å². The molecule has 0 radical (unpaired) electrons. The van der Waals surface area contributed by atoms with E-state index in [0.29, 0.717) is 24.4 Å². The molecule has 5 nitrogen and oxygen atoms in total. The molecule has 1 amide bonds. The summed E-state index contributed by atoms with van der Waals surface area (Å²) in [5.41, 5.74) is 1.49. The minimum absolute atomic E-state index is 0.0316. The van der Waals surface area contributed by atoms with E-state index in [0.717, 1.165) is 42.3 Å². The second-order valence-electron chi connectivity index (χ2n) is 11.4. The monoisotopic (exact) mass is 486 g/mol. The first-order valence-corrected chi connectivity index (χ1v) is 13.2. The SMILES string of the molecule is CC(C)CN(C(=O)c1ccc2ccccc2c1)[C@@H]1CC(O)[C@@H]2CN(C)CC[C@@]2(c2cccc(O)c2)C1. The molecule has 190 valence electrons. The minimum Gasteiger partial charge on any atom is -0.508 e. The molecule has 1 aliphatic heterocycles. The van der Waals surface area contributed by atoms with Crippen molar-refractivity contribution in [3.8, 4) is 5.75 Å². The van der Waals surface area contributed by atoms with Gasteiger partial charge in [0, 0.05) is 36.0 Å². The van der Waals surface area contributed by atoms with E-state index in [9.17, 15) is 15.0 Å². The summed E-state index contributed by atoms with van der Waals surface area (Å²) in [4.78, 5) is 18.4. The number of aromatic hydroxyl groups is 1. The molecule has 0 aromatic heterocycles. The van der Waals surface area contributed by atoms with Crippen molar-refractivity contribution in [2.75, 3.05) is 26.7 Å². The molecular weight excluding hydrogens is 448 g/mol. The first-order valence-electron chi connectivity index (χ1n) is 13.2. The molecule has 1 aliphatic carbocycles. The van der Waals surface area contributed by atoms with Gasteiger partial charge in [-0.1, -0.05) is 56.3 Å². The second-order valence-corrected chi connectivity index (χ2v) is 11.4. The van der Waals surface area contributed by atoms with Crippen molar-refractivity contribution in [3.63, 3.8) is 0 Å². The highest BCUT2D eigenvalue weighted by Crippen LogP contribution is 2.50. The van der Waals surface area contributed by atoms with Crippen LogP contribution >= 0.6 is 0 Å². The maximum absolute atomic E-state index is 14.0. The van der Waals surface area contributed by atoms with Gasteiger partial charge in [0.15, 0.2) is 0 Å². The predicted molar refractivity (Wildman–Crippen MR) is 144 cm³/mol. The average Bonchev–Trinajstić information content (AvgIpc) is 2.87. The molecule has 2 fully saturated rings. The number of aliphatic hydroxyl groups is 1. The van der Waals surface area contributed by atoms with Crippen LogP contribution in [0.4, 0.5) is 0 Å². The van der Waals surface area contributed by atoms with E-state index < -0.39 is 6.10 Å². The van der Waals surface area contributed by atoms with E-state index in [-0.39, 0.29) is 29.0 Å². The van der Waals surface area contributed by atoms with Crippen LogP contribution in [0.25, 0.3) is 10.8 Å². The van der Waals surface area contributed by atoms with Crippen molar-refractivity contribution >= 4 is 16.7 Å². The summed E-state index contributed by atoms with van der Waals surface area (Å²) < 4.78 is 0. The molecule has 5 heteroatoms. The van der Waals surface area contributed by atoms with Crippen molar-refractivity contribution in [2.24, 2.45) is 11.8 Å². The number of aliphatic hydroxyl groups excluding tert-OH is 1. The zero-order chi connectivity index (χ0) is 25.4. The summed E-state index contributed by atoms with van der Waals surface area (Å²) in [6, 6.07) is 21.5. The van der Waals surface area contributed by atoms with Gasteiger partial charge < -0.3 is 20.0 Å². The normalized spacial score (nSPS) is 26.6. The highest BCUT2D eigenvalue weighted by molar-refractivity contribution is 5.98. The van der Waals surface area contributed by atoms with Crippen molar-refractivity contribution in [2.45, 2.75) is 50.7 Å². The van der Waals surface area contributed by atoms with Crippen LogP contribution < -0.4 is 0 Å². The lowest BCUT2D eigenvalue weighted by molar-refractivity contribution is -0.0606. The fourth-order valence-electron chi connectivity index (χ4n) is 6.68. The maximum atomic E-state index is 14.0. The smallest absolute Gasteiger partial charge is 0.254 e. The predicted octanol–water partition coefficient (Wildman–Crippen LogP) is 5.06. The molecule has 0 bridgehead atoms. The molecule has 1 heterocycles. The summed E-state index contributed by atoms with van der Waals surface area (Å²) in [5, 5.41) is 24.0. The van der Waals surface area contributed by atoms with Gasteiger partial charge in [-0.3, -0.25) is 4.79 Å². The Bertz CT molecular complexity index is 1240. The molecule has 3 aromatic rings. The second kappa shape index (κ2) is 9.87. The third-order valence-corrected chi connectivity index (χ3v) is 8.42.